The number of aromatic nitrogens is 2. The van der Waals surface area contributed by atoms with E-state index in [1.54, 1.807) is 7.11 Å². The molecule has 1 unspecified atom stereocenters. The van der Waals surface area contributed by atoms with Crippen molar-refractivity contribution in [1.82, 2.24) is 15.5 Å². The molecular weight excluding hydrogens is 300 g/mol. The molecule has 1 aliphatic rings. The molecule has 0 spiro atoms. The van der Waals surface area contributed by atoms with Crippen molar-refractivity contribution in [2.45, 2.75) is 25.3 Å². The molecule has 1 aromatic carbocycles. The van der Waals surface area contributed by atoms with Crippen LogP contribution < -0.4 is 15.4 Å². The van der Waals surface area contributed by atoms with E-state index in [1.165, 1.54) is 11.3 Å². The molecule has 0 bridgehead atoms. The highest BCUT2D eigenvalue weighted by atomic mass is 32.1. The molecule has 1 atom stereocenters. The van der Waals surface area contributed by atoms with E-state index in [2.05, 4.69) is 20.8 Å². The van der Waals surface area contributed by atoms with Crippen LogP contribution in [0.4, 0.5) is 5.13 Å². The summed E-state index contributed by atoms with van der Waals surface area (Å²) in [5.74, 6) is 0.796. The summed E-state index contributed by atoms with van der Waals surface area (Å²) in [6, 6.07) is 7.74. The molecule has 1 fully saturated rings. The summed E-state index contributed by atoms with van der Waals surface area (Å²) in [6.07, 6.45) is 2.59. The van der Waals surface area contributed by atoms with Crippen LogP contribution in [0, 0.1) is 0 Å². The van der Waals surface area contributed by atoms with Crippen LogP contribution in [0.1, 0.15) is 23.4 Å². The van der Waals surface area contributed by atoms with Crippen molar-refractivity contribution in [1.29, 1.82) is 0 Å². The highest BCUT2D eigenvalue weighted by molar-refractivity contribution is 7.15. The Balaban J connectivity index is 1.62. The van der Waals surface area contributed by atoms with Gasteiger partial charge in [0.05, 0.1) is 13.2 Å². The van der Waals surface area contributed by atoms with Gasteiger partial charge in [-0.15, -0.1) is 10.2 Å². The second-order valence-corrected chi connectivity index (χ2v) is 6.23. The largest absolute Gasteiger partial charge is 0.497 e. The van der Waals surface area contributed by atoms with Gasteiger partial charge in [0.25, 0.3) is 0 Å². The zero-order valence-corrected chi connectivity index (χ0v) is 13.2. The quantitative estimate of drug-likeness (QED) is 0.879. The molecule has 6 nitrogen and oxygen atoms in total. The van der Waals surface area contributed by atoms with Gasteiger partial charge >= 0.3 is 0 Å². The zero-order chi connectivity index (χ0) is 15.4. The normalized spacial score (nSPS) is 17.4. The maximum atomic E-state index is 12.0. The number of hydrogen-bond donors (Lipinski definition) is 2. The van der Waals surface area contributed by atoms with Gasteiger partial charge in [-0.25, -0.2) is 0 Å². The number of carbonyl (C=O) groups is 1. The summed E-state index contributed by atoms with van der Waals surface area (Å²) in [5.41, 5.74) is 1.10. The standard InChI is InChI=1S/C15H18N4O2S/c1-21-11-5-2-4-10(8-11)9-13-18-19-15(22-13)17-14(20)12-6-3-7-16-12/h2,4-5,8,12,16H,3,6-7,9H2,1H3,(H,17,19,20). The minimum Gasteiger partial charge on any atom is -0.497 e. The van der Waals surface area contributed by atoms with E-state index in [-0.39, 0.29) is 11.9 Å². The number of rotatable bonds is 5. The van der Waals surface area contributed by atoms with Crippen molar-refractivity contribution in [3.63, 3.8) is 0 Å². The van der Waals surface area contributed by atoms with Gasteiger partial charge in [-0.05, 0) is 37.1 Å². The Labute approximate surface area is 132 Å². The van der Waals surface area contributed by atoms with Crippen molar-refractivity contribution in [3.8, 4) is 5.75 Å². The number of benzene rings is 1. The molecule has 1 aliphatic heterocycles. The molecular formula is C15H18N4O2S. The van der Waals surface area contributed by atoms with Gasteiger partial charge in [0.2, 0.25) is 11.0 Å². The summed E-state index contributed by atoms with van der Waals surface area (Å²) < 4.78 is 5.21. The van der Waals surface area contributed by atoms with Gasteiger partial charge in [-0.2, -0.15) is 0 Å². The van der Waals surface area contributed by atoms with Gasteiger partial charge < -0.3 is 10.1 Å². The lowest BCUT2D eigenvalue weighted by molar-refractivity contribution is -0.117. The lowest BCUT2D eigenvalue weighted by Gasteiger charge is -2.07. The van der Waals surface area contributed by atoms with Crippen LogP contribution in [0.3, 0.4) is 0 Å². The Hall–Kier alpha value is -1.99. The molecule has 1 saturated heterocycles. The highest BCUT2D eigenvalue weighted by Crippen LogP contribution is 2.21. The van der Waals surface area contributed by atoms with Crippen LogP contribution in [-0.2, 0) is 11.2 Å². The fraction of sp³-hybridized carbons (Fsp3) is 0.400. The molecule has 22 heavy (non-hydrogen) atoms. The number of methoxy groups -OCH3 is 1. The summed E-state index contributed by atoms with van der Waals surface area (Å²) in [5, 5.41) is 15.6. The second-order valence-electron chi connectivity index (χ2n) is 5.17. The molecule has 0 saturated carbocycles. The molecule has 1 aromatic heterocycles. The van der Waals surface area contributed by atoms with Crippen molar-refractivity contribution < 1.29 is 9.53 Å². The third-order valence-corrected chi connectivity index (χ3v) is 4.40. The Bertz CT molecular complexity index is 652. The van der Waals surface area contributed by atoms with E-state index in [0.717, 1.165) is 35.7 Å². The first-order chi connectivity index (χ1) is 10.7. The Kier molecular flexibility index (Phi) is 4.65. The molecule has 2 heterocycles. The maximum Gasteiger partial charge on any atom is 0.243 e. The van der Waals surface area contributed by atoms with Crippen molar-refractivity contribution in [2.24, 2.45) is 0 Å². The topological polar surface area (TPSA) is 76.1 Å². The molecule has 0 radical (unpaired) electrons. The van der Waals surface area contributed by atoms with E-state index in [1.807, 2.05) is 24.3 Å². The third-order valence-electron chi connectivity index (χ3n) is 3.56. The number of hydrogen-bond acceptors (Lipinski definition) is 6. The van der Waals surface area contributed by atoms with E-state index < -0.39 is 0 Å². The van der Waals surface area contributed by atoms with Gasteiger partial charge in [-0.3, -0.25) is 10.1 Å². The molecule has 7 heteroatoms. The average Bonchev–Trinajstić information content (AvgIpc) is 3.19. The minimum absolute atomic E-state index is 0.0263. The number of nitrogens with one attached hydrogen (secondary N) is 2. The van der Waals surface area contributed by atoms with Gasteiger partial charge in [0.15, 0.2) is 0 Å². The van der Waals surface area contributed by atoms with E-state index >= 15 is 0 Å². The van der Waals surface area contributed by atoms with Gasteiger partial charge in [-0.1, -0.05) is 23.5 Å². The lowest BCUT2D eigenvalue weighted by Crippen LogP contribution is -2.35. The highest BCUT2D eigenvalue weighted by Gasteiger charge is 2.22. The molecule has 2 aromatic rings. The summed E-state index contributed by atoms with van der Waals surface area (Å²) in [7, 11) is 1.65. The van der Waals surface area contributed by atoms with E-state index in [9.17, 15) is 4.79 Å². The second kappa shape index (κ2) is 6.85. The van der Waals surface area contributed by atoms with Crippen molar-refractivity contribution in [2.75, 3.05) is 19.0 Å². The van der Waals surface area contributed by atoms with E-state index in [0.29, 0.717) is 11.6 Å². The number of amides is 1. The Morgan fingerprint density at radius 3 is 3.18 bits per heavy atom. The number of carbonyl (C=O) groups excluding carboxylic acids is 1. The fourth-order valence-electron chi connectivity index (χ4n) is 2.43. The predicted molar refractivity (Wildman–Crippen MR) is 85.4 cm³/mol. The first-order valence-electron chi connectivity index (χ1n) is 7.24. The van der Waals surface area contributed by atoms with Crippen LogP contribution >= 0.6 is 11.3 Å². The van der Waals surface area contributed by atoms with Crippen LogP contribution in [-0.4, -0.2) is 35.8 Å². The maximum absolute atomic E-state index is 12.0. The Morgan fingerprint density at radius 2 is 2.41 bits per heavy atom. The molecule has 116 valence electrons. The van der Waals surface area contributed by atoms with Crippen LogP contribution in [0.15, 0.2) is 24.3 Å². The molecule has 3 rings (SSSR count). The number of anilines is 1. The smallest absolute Gasteiger partial charge is 0.243 e. The van der Waals surface area contributed by atoms with Crippen LogP contribution in [0.5, 0.6) is 5.75 Å². The lowest BCUT2D eigenvalue weighted by atomic mass is 10.1. The number of nitrogens with zero attached hydrogens (tertiary/aromatic N) is 2. The SMILES string of the molecule is COc1cccc(Cc2nnc(NC(=O)C3CCCN3)s2)c1. The van der Waals surface area contributed by atoms with Gasteiger partial charge in [0.1, 0.15) is 10.8 Å². The fourth-order valence-corrected chi connectivity index (χ4v) is 3.21. The van der Waals surface area contributed by atoms with Crippen molar-refractivity contribution >= 4 is 22.4 Å². The number of ether oxygens (including phenoxy) is 1. The third kappa shape index (κ3) is 3.61. The molecule has 1 amide bonds. The van der Waals surface area contributed by atoms with Crippen LogP contribution in [0.25, 0.3) is 0 Å². The Morgan fingerprint density at radius 1 is 1.50 bits per heavy atom. The monoisotopic (exact) mass is 318 g/mol. The summed E-state index contributed by atoms with van der Waals surface area (Å²) in [4.78, 5) is 12.0. The zero-order valence-electron chi connectivity index (χ0n) is 12.3. The predicted octanol–water partition coefficient (Wildman–Crippen LogP) is 1.83. The van der Waals surface area contributed by atoms with Crippen LogP contribution in [0.2, 0.25) is 0 Å². The summed E-state index contributed by atoms with van der Waals surface area (Å²) in [6.45, 7) is 0.898. The average molecular weight is 318 g/mol. The first-order valence-corrected chi connectivity index (χ1v) is 8.06. The molecule has 2 N–H and O–H groups in total. The van der Waals surface area contributed by atoms with E-state index in [4.69, 9.17) is 4.74 Å². The molecule has 0 aliphatic carbocycles. The minimum atomic E-state index is -0.106. The van der Waals surface area contributed by atoms with Gasteiger partial charge in [0, 0.05) is 6.42 Å². The summed E-state index contributed by atoms with van der Waals surface area (Å²) >= 11 is 1.41. The first kappa shape index (κ1) is 14.9. The van der Waals surface area contributed by atoms with Crippen molar-refractivity contribution in [3.05, 3.63) is 34.8 Å².